The van der Waals surface area contributed by atoms with Crippen LogP contribution in [0.1, 0.15) is 25.1 Å². The van der Waals surface area contributed by atoms with Crippen molar-refractivity contribution in [2.75, 3.05) is 13.6 Å². The Morgan fingerprint density at radius 1 is 1.33 bits per heavy atom. The van der Waals surface area contributed by atoms with Gasteiger partial charge in [-0.1, -0.05) is 0 Å². The summed E-state index contributed by atoms with van der Waals surface area (Å²) in [4.78, 5) is 5.38. The van der Waals surface area contributed by atoms with Crippen LogP contribution in [-0.2, 0) is 12.7 Å². The molecule has 0 aliphatic carbocycles. The second-order valence-corrected chi connectivity index (χ2v) is 4.98. The number of nitrogens with zero attached hydrogens (tertiary/aromatic N) is 2. The monoisotopic (exact) mass is 262 g/mol. The summed E-state index contributed by atoms with van der Waals surface area (Å²) in [6.07, 6.45) is -3.07. The molecule has 0 spiro atoms. The zero-order chi connectivity index (χ0) is 14.0. The van der Waals surface area contributed by atoms with E-state index in [-0.39, 0.29) is 18.8 Å². The molecule has 0 unspecified atom stereocenters. The molecule has 102 valence electrons. The van der Waals surface area contributed by atoms with E-state index in [1.165, 1.54) is 12.3 Å². The average Bonchev–Trinajstić information content (AvgIpc) is 2.13. The lowest BCUT2D eigenvalue weighted by Gasteiger charge is -2.25. The summed E-state index contributed by atoms with van der Waals surface area (Å²) in [7, 11) is 1.65. The third-order valence-corrected chi connectivity index (χ3v) is 2.27. The van der Waals surface area contributed by atoms with Crippen LogP contribution in [0.4, 0.5) is 13.2 Å². The Bertz CT molecular complexity index is 399. The summed E-state index contributed by atoms with van der Waals surface area (Å²) in [6, 6.07) is 2.28. The van der Waals surface area contributed by atoms with Crippen molar-refractivity contribution in [3.05, 3.63) is 29.6 Å². The van der Waals surface area contributed by atoms with Crippen molar-refractivity contribution in [3.63, 3.8) is 0 Å². The smallest absolute Gasteiger partial charge is 0.389 e. The Morgan fingerprint density at radius 2 is 1.94 bits per heavy atom. The van der Waals surface area contributed by atoms with Gasteiger partial charge in [0.2, 0.25) is 0 Å². The van der Waals surface area contributed by atoms with Crippen molar-refractivity contribution in [2.45, 2.75) is 32.2 Å². The lowest BCUT2D eigenvalue weighted by atomic mass is 10.1. The Kier molecular flexibility index (Phi) is 4.34. The first-order valence-electron chi connectivity index (χ1n) is 5.51. The predicted octanol–water partition coefficient (Wildman–Crippen LogP) is 2.30. The normalized spacial score (nSPS) is 13.1. The topological polar surface area (TPSA) is 36.4 Å². The molecule has 0 atom stereocenters. The van der Waals surface area contributed by atoms with Gasteiger partial charge in [0, 0.05) is 19.3 Å². The summed E-state index contributed by atoms with van der Waals surface area (Å²) in [5.74, 6) is 0. The zero-order valence-corrected chi connectivity index (χ0v) is 10.6. The highest BCUT2D eigenvalue weighted by Crippen LogP contribution is 2.31. The fraction of sp³-hybridized carbons (Fsp3) is 0.583. The van der Waals surface area contributed by atoms with Crippen molar-refractivity contribution in [1.82, 2.24) is 9.88 Å². The van der Waals surface area contributed by atoms with Crippen LogP contribution in [0.2, 0.25) is 0 Å². The second kappa shape index (κ2) is 5.24. The van der Waals surface area contributed by atoms with E-state index < -0.39 is 17.3 Å². The van der Waals surface area contributed by atoms with E-state index in [1.54, 1.807) is 25.8 Å². The fourth-order valence-corrected chi connectivity index (χ4v) is 1.79. The first-order valence-corrected chi connectivity index (χ1v) is 5.51. The van der Waals surface area contributed by atoms with Crippen molar-refractivity contribution in [3.8, 4) is 0 Å². The van der Waals surface area contributed by atoms with Crippen LogP contribution < -0.4 is 0 Å². The number of halogens is 3. The predicted molar refractivity (Wildman–Crippen MR) is 61.9 cm³/mol. The molecule has 0 fully saturated rings. The van der Waals surface area contributed by atoms with E-state index in [9.17, 15) is 18.3 Å². The number of pyridine rings is 1. The minimum atomic E-state index is -4.40. The highest BCUT2D eigenvalue weighted by molar-refractivity contribution is 5.22. The van der Waals surface area contributed by atoms with E-state index in [4.69, 9.17) is 0 Å². The summed E-state index contributed by atoms with van der Waals surface area (Å²) >= 11 is 0. The molecule has 1 aromatic rings. The van der Waals surface area contributed by atoms with Gasteiger partial charge in [0.15, 0.2) is 0 Å². The van der Waals surface area contributed by atoms with Crippen LogP contribution in [0.3, 0.4) is 0 Å². The molecule has 3 nitrogen and oxygen atoms in total. The molecule has 0 amide bonds. The summed E-state index contributed by atoms with van der Waals surface area (Å²) in [6.45, 7) is 3.51. The maximum atomic E-state index is 12.7. The highest BCUT2D eigenvalue weighted by atomic mass is 19.4. The van der Waals surface area contributed by atoms with Crippen molar-refractivity contribution >= 4 is 0 Å². The summed E-state index contributed by atoms with van der Waals surface area (Å²) in [5.41, 5.74) is -1.72. The fourth-order valence-electron chi connectivity index (χ4n) is 1.79. The molecule has 0 aliphatic heterocycles. The zero-order valence-electron chi connectivity index (χ0n) is 10.6. The van der Waals surface area contributed by atoms with Crippen LogP contribution in [-0.4, -0.2) is 34.2 Å². The SMILES string of the molecule is CN(Cc1ncccc1C(F)(F)F)CC(C)(C)O. The van der Waals surface area contributed by atoms with Gasteiger partial charge in [-0.05, 0) is 33.0 Å². The van der Waals surface area contributed by atoms with E-state index in [1.807, 2.05) is 0 Å². The third-order valence-electron chi connectivity index (χ3n) is 2.27. The molecule has 0 radical (unpaired) electrons. The maximum Gasteiger partial charge on any atom is 0.418 e. The van der Waals surface area contributed by atoms with E-state index in [2.05, 4.69) is 4.98 Å². The van der Waals surface area contributed by atoms with Gasteiger partial charge >= 0.3 is 6.18 Å². The van der Waals surface area contributed by atoms with Crippen molar-refractivity contribution in [2.24, 2.45) is 0 Å². The van der Waals surface area contributed by atoms with Crippen LogP contribution >= 0.6 is 0 Å². The number of hydrogen-bond donors (Lipinski definition) is 1. The van der Waals surface area contributed by atoms with Gasteiger partial charge in [0.1, 0.15) is 0 Å². The first-order chi connectivity index (χ1) is 8.09. The third kappa shape index (κ3) is 4.62. The molecule has 0 aliphatic rings. The first kappa shape index (κ1) is 14.9. The Labute approximate surface area is 104 Å². The molecule has 6 heteroatoms. The molecule has 1 rings (SSSR count). The van der Waals surface area contributed by atoms with Gasteiger partial charge in [-0.15, -0.1) is 0 Å². The Morgan fingerprint density at radius 3 is 2.44 bits per heavy atom. The molecular weight excluding hydrogens is 245 g/mol. The van der Waals surface area contributed by atoms with Crippen LogP contribution in [0.25, 0.3) is 0 Å². The van der Waals surface area contributed by atoms with Crippen LogP contribution in [0.15, 0.2) is 18.3 Å². The molecule has 0 saturated carbocycles. The van der Waals surface area contributed by atoms with Gasteiger partial charge in [0.05, 0.1) is 16.9 Å². The molecule has 1 N–H and O–H groups in total. The lowest BCUT2D eigenvalue weighted by Crippen LogP contribution is -2.36. The number of hydrogen-bond acceptors (Lipinski definition) is 3. The molecular formula is C12H17F3N2O. The van der Waals surface area contributed by atoms with Gasteiger partial charge in [-0.3, -0.25) is 9.88 Å². The molecule has 1 heterocycles. The van der Waals surface area contributed by atoms with E-state index >= 15 is 0 Å². The summed E-state index contributed by atoms with van der Waals surface area (Å²) < 4.78 is 38.2. The number of aromatic nitrogens is 1. The van der Waals surface area contributed by atoms with E-state index in [0.717, 1.165) is 6.07 Å². The van der Waals surface area contributed by atoms with Gasteiger partial charge in [-0.25, -0.2) is 0 Å². The van der Waals surface area contributed by atoms with Gasteiger partial charge in [-0.2, -0.15) is 13.2 Å². The Balaban J connectivity index is 2.85. The second-order valence-electron chi connectivity index (χ2n) is 4.98. The molecule has 1 aromatic heterocycles. The van der Waals surface area contributed by atoms with Crippen LogP contribution in [0, 0.1) is 0 Å². The number of aliphatic hydroxyl groups is 1. The van der Waals surface area contributed by atoms with Gasteiger partial charge in [0.25, 0.3) is 0 Å². The molecule has 18 heavy (non-hydrogen) atoms. The summed E-state index contributed by atoms with van der Waals surface area (Å²) in [5, 5.41) is 9.61. The molecule has 0 saturated heterocycles. The number of rotatable bonds is 4. The standard InChI is InChI=1S/C12H17F3N2O/c1-11(2,18)8-17(3)7-10-9(12(13,14)15)5-4-6-16-10/h4-6,18H,7-8H2,1-3H3. The molecule has 0 aromatic carbocycles. The maximum absolute atomic E-state index is 12.7. The average molecular weight is 262 g/mol. The van der Waals surface area contributed by atoms with Gasteiger partial charge < -0.3 is 5.11 Å². The largest absolute Gasteiger partial charge is 0.418 e. The van der Waals surface area contributed by atoms with Crippen molar-refractivity contribution in [1.29, 1.82) is 0 Å². The highest BCUT2D eigenvalue weighted by Gasteiger charge is 2.34. The van der Waals surface area contributed by atoms with Crippen molar-refractivity contribution < 1.29 is 18.3 Å². The minimum absolute atomic E-state index is 0.0308. The molecule has 0 bridgehead atoms. The van der Waals surface area contributed by atoms with E-state index in [0.29, 0.717) is 0 Å². The van der Waals surface area contributed by atoms with Crippen LogP contribution in [0.5, 0.6) is 0 Å². The number of likely N-dealkylation sites (N-methyl/N-ethyl adjacent to an activating group) is 1. The Hall–Kier alpha value is -1.14. The lowest BCUT2D eigenvalue weighted by molar-refractivity contribution is -0.138. The number of alkyl halides is 3. The minimum Gasteiger partial charge on any atom is -0.389 e. The quantitative estimate of drug-likeness (QED) is 0.904.